The Morgan fingerprint density at radius 1 is 1.50 bits per heavy atom. The first kappa shape index (κ1) is 9.55. The Labute approximate surface area is 90.8 Å². The van der Waals surface area contributed by atoms with Gasteiger partial charge < -0.3 is 4.74 Å². The summed E-state index contributed by atoms with van der Waals surface area (Å²) in [6, 6.07) is 7.80. The number of rotatable bonds is 2. The quantitative estimate of drug-likeness (QED) is 0.824. The van der Waals surface area contributed by atoms with Crippen molar-refractivity contribution in [2.24, 2.45) is 0 Å². The number of nitrogens with one attached hydrogen (secondary N) is 1. The van der Waals surface area contributed by atoms with E-state index in [1.165, 1.54) is 0 Å². The van der Waals surface area contributed by atoms with Crippen molar-refractivity contribution in [2.45, 2.75) is 6.10 Å². The molecule has 3 nitrogen and oxygen atoms in total. The molecule has 0 fully saturated rings. The molecule has 74 valence electrons. The largest absolute Gasteiger partial charge is 0.497 e. The fourth-order valence-corrected chi connectivity index (χ4v) is 1.64. The number of hydrogen-bond acceptors (Lipinski definition) is 3. The molecule has 0 saturated carbocycles. The van der Waals surface area contributed by atoms with Gasteiger partial charge in [0.2, 0.25) is 0 Å². The van der Waals surface area contributed by atoms with E-state index in [1.807, 2.05) is 30.3 Å². The van der Waals surface area contributed by atoms with Crippen LogP contribution in [-0.4, -0.2) is 7.11 Å². The Balaban J connectivity index is 2.24. The number of ether oxygens (including phenoxy) is 1. The summed E-state index contributed by atoms with van der Waals surface area (Å²) in [6.07, 6.45) is 1.90. The van der Waals surface area contributed by atoms with E-state index in [-0.39, 0.29) is 6.10 Å². The van der Waals surface area contributed by atoms with Gasteiger partial charge in [-0.25, -0.2) is 0 Å². The molecule has 0 aromatic heterocycles. The van der Waals surface area contributed by atoms with Crippen molar-refractivity contribution in [1.82, 2.24) is 5.48 Å². The molecule has 0 amide bonds. The second-order valence-corrected chi connectivity index (χ2v) is 3.79. The minimum absolute atomic E-state index is 0.0560. The minimum Gasteiger partial charge on any atom is -0.497 e. The fourth-order valence-electron chi connectivity index (χ4n) is 1.30. The van der Waals surface area contributed by atoms with Crippen molar-refractivity contribution in [3.8, 4) is 5.75 Å². The molecule has 1 aromatic rings. The van der Waals surface area contributed by atoms with Gasteiger partial charge in [-0.05, 0) is 39.7 Å². The van der Waals surface area contributed by atoms with Crippen LogP contribution in [-0.2, 0) is 4.84 Å². The van der Waals surface area contributed by atoms with E-state index in [9.17, 15) is 0 Å². The maximum absolute atomic E-state index is 5.31. The van der Waals surface area contributed by atoms with Crippen LogP contribution in [0.2, 0.25) is 0 Å². The molecule has 2 rings (SSSR count). The predicted molar refractivity (Wildman–Crippen MR) is 57.0 cm³/mol. The van der Waals surface area contributed by atoms with Crippen LogP contribution >= 0.6 is 15.9 Å². The number of benzene rings is 1. The third-order valence-corrected chi connectivity index (χ3v) is 2.43. The monoisotopic (exact) mass is 255 g/mol. The van der Waals surface area contributed by atoms with Crippen molar-refractivity contribution in [3.05, 3.63) is 40.5 Å². The fraction of sp³-hybridized carbons (Fsp3) is 0.200. The summed E-state index contributed by atoms with van der Waals surface area (Å²) in [5, 5.41) is 0. The molecule has 1 aliphatic rings. The topological polar surface area (TPSA) is 30.5 Å². The molecule has 1 atom stereocenters. The summed E-state index contributed by atoms with van der Waals surface area (Å²) in [4.78, 5) is 5.31. The lowest BCUT2D eigenvalue weighted by atomic mass is 10.1. The number of methoxy groups -OCH3 is 1. The van der Waals surface area contributed by atoms with E-state index < -0.39 is 0 Å². The van der Waals surface area contributed by atoms with Gasteiger partial charge in [-0.2, -0.15) is 0 Å². The molecule has 1 heterocycles. The summed E-state index contributed by atoms with van der Waals surface area (Å²) in [7, 11) is 1.65. The molecule has 0 aliphatic carbocycles. The highest BCUT2D eigenvalue weighted by atomic mass is 79.9. The Morgan fingerprint density at radius 3 is 3.00 bits per heavy atom. The van der Waals surface area contributed by atoms with Crippen molar-refractivity contribution in [1.29, 1.82) is 0 Å². The van der Waals surface area contributed by atoms with Crippen LogP contribution in [0.3, 0.4) is 0 Å². The highest BCUT2D eigenvalue weighted by Gasteiger charge is 2.16. The lowest BCUT2D eigenvalue weighted by molar-refractivity contribution is 0.0457. The second-order valence-electron chi connectivity index (χ2n) is 2.93. The first-order valence-electron chi connectivity index (χ1n) is 4.22. The van der Waals surface area contributed by atoms with Crippen LogP contribution < -0.4 is 10.2 Å². The van der Waals surface area contributed by atoms with Gasteiger partial charge in [0.25, 0.3) is 0 Å². The van der Waals surface area contributed by atoms with E-state index in [0.717, 1.165) is 15.9 Å². The SMILES string of the molecule is COc1cccc(C2C=C(Br)NO2)c1. The minimum atomic E-state index is -0.0560. The van der Waals surface area contributed by atoms with Crippen molar-refractivity contribution in [2.75, 3.05) is 7.11 Å². The molecule has 1 aliphatic heterocycles. The third-order valence-electron chi connectivity index (χ3n) is 2.00. The standard InChI is InChI=1S/C10H10BrNO2/c1-13-8-4-2-3-7(5-8)9-6-10(11)12-14-9/h2-6,9,12H,1H3. The smallest absolute Gasteiger partial charge is 0.132 e. The third kappa shape index (κ3) is 1.91. The van der Waals surface area contributed by atoms with E-state index in [0.29, 0.717) is 0 Å². The van der Waals surface area contributed by atoms with Gasteiger partial charge >= 0.3 is 0 Å². The van der Waals surface area contributed by atoms with E-state index in [2.05, 4.69) is 21.4 Å². The Hall–Kier alpha value is -1.00. The van der Waals surface area contributed by atoms with E-state index >= 15 is 0 Å². The van der Waals surface area contributed by atoms with Crippen molar-refractivity contribution < 1.29 is 9.57 Å². The van der Waals surface area contributed by atoms with Crippen LogP contribution in [0.15, 0.2) is 34.9 Å². The van der Waals surface area contributed by atoms with Gasteiger partial charge in [-0.15, -0.1) is 0 Å². The molecule has 0 spiro atoms. The van der Waals surface area contributed by atoms with Crippen molar-refractivity contribution >= 4 is 15.9 Å². The summed E-state index contributed by atoms with van der Waals surface area (Å²) in [5.41, 5.74) is 3.80. The molecule has 0 radical (unpaired) electrons. The molecule has 1 unspecified atom stereocenters. The highest BCUT2D eigenvalue weighted by Crippen LogP contribution is 2.27. The molecule has 4 heteroatoms. The predicted octanol–water partition coefficient (Wildman–Crippen LogP) is 2.51. The van der Waals surface area contributed by atoms with Gasteiger partial charge in [-0.1, -0.05) is 12.1 Å². The normalized spacial score (nSPS) is 20.1. The van der Waals surface area contributed by atoms with Crippen LogP contribution in [0.5, 0.6) is 5.75 Å². The zero-order chi connectivity index (χ0) is 9.97. The summed E-state index contributed by atoms with van der Waals surface area (Å²) in [5.74, 6) is 0.836. The molecular formula is C10H10BrNO2. The summed E-state index contributed by atoms with van der Waals surface area (Å²) >= 11 is 3.31. The molecule has 0 bridgehead atoms. The number of hydrogen-bond donors (Lipinski definition) is 1. The second kappa shape index (κ2) is 4.02. The molecule has 1 N–H and O–H groups in total. The van der Waals surface area contributed by atoms with Crippen LogP contribution in [0, 0.1) is 0 Å². The van der Waals surface area contributed by atoms with Gasteiger partial charge in [0.15, 0.2) is 0 Å². The van der Waals surface area contributed by atoms with E-state index in [1.54, 1.807) is 7.11 Å². The van der Waals surface area contributed by atoms with Crippen LogP contribution in [0.25, 0.3) is 0 Å². The molecular weight excluding hydrogens is 246 g/mol. The Kier molecular flexibility index (Phi) is 2.74. The Morgan fingerprint density at radius 2 is 2.36 bits per heavy atom. The first-order chi connectivity index (χ1) is 6.79. The van der Waals surface area contributed by atoms with Gasteiger partial charge in [0.05, 0.1) is 7.11 Å². The van der Waals surface area contributed by atoms with Gasteiger partial charge in [-0.3, -0.25) is 10.3 Å². The summed E-state index contributed by atoms with van der Waals surface area (Å²) in [6.45, 7) is 0. The highest BCUT2D eigenvalue weighted by molar-refractivity contribution is 9.11. The van der Waals surface area contributed by atoms with Gasteiger partial charge in [0, 0.05) is 0 Å². The van der Waals surface area contributed by atoms with Crippen molar-refractivity contribution in [3.63, 3.8) is 0 Å². The average Bonchev–Trinajstić information content (AvgIpc) is 2.65. The van der Waals surface area contributed by atoms with Gasteiger partial charge in [0.1, 0.15) is 16.5 Å². The number of halogens is 1. The maximum Gasteiger partial charge on any atom is 0.132 e. The lowest BCUT2D eigenvalue weighted by Gasteiger charge is -2.08. The first-order valence-corrected chi connectivity index (χ1v) is 5.02. The maximum atomic E-state index is 5.31. The Bertz CT molecular complexity index is 365. The van der Waals surface area contributed by atoms with Crippen LogP contribution in [0.1, 0.15) is 11.7 Å². The van der Waals surface area contributed by atoms with E-state index in [4.69, 9.17) is 9.57 Å². The zero-order valence-corrected chi connectivity index (χ0v) is 9.24. The van der Waals surface area contributed by atoms with Crippen LogP contribution in [0.4, 0.5) is 0 Å². The average molecular weight is 256 g/mol. The number of hydroxylamine groups is 1. The molecule has 14 heavy (non-hydrogen) atoms. The molecule has 0 saturated heterocycles. The zero-order valence-electron chi connectivity index (χ0n) is 7.66. The summed E-state index contributed by atoms with van der Waals surface area (Å²) < 4.78 is 5.99. The lowest BCUT2D eigenvalue weighted by Crippen LogP contribution is -2.05. The molecule has 1 aromatic carbocycles.